The van der Waals surface area contributed by atoms with Gasteiger partial charge in [-0.25, -0.2) is 20.2 Å². The maximum absolute atomic E-state index is 13.0. The number of aromatic nitrogens is 2. The van der Waals surface area contributed by atoms with E-state index in [4.69, 9.17) is 5.84 Å². The van der Waals surface area contributed by atoms with Gasteiger partial charge in [-0.05, 0) is 18.2 Å². The molecule has 0 bridgehead atoms. The molecule has 0 amide bonds. The second-order valence-corrected chi connectivity index (χ2v) is 3.60. The van der Waals surface area contributed by atoms with E-state index in [1.165, 1.54) is 12.3 Å². The number of nitrogens with zero attached hydrogens (tertiary/aromatic N) is 2. The zero-order valence-electron chi connectivity index (χ0n) is 9.37. The second kappa shape index (κ2) is 4.81. The van der Waals surface area contributed by atoms with Gasteiger partial charge in [-0.1, -0.05) is 0 Å². The first-order valence-electron chi connectivity index (χ1n) is 5.08. The number of hydrazine groups is 1. The molecular weight excluding hydrogens is 264 g/mol. The van der Waals surface area contributed by atoms with E-state index in [1.807, 2.05) is 0 Å². The Morgan fingerprint density at radius 1 is 1.16 bits per heavy atom. The largest absolute Gasteiger partial charge is 0.417 e. The summed E-state index contributed by atoms with van der Waals surface area (Å²) in [5, 5.41) is 0. The Balaban J connectivity index is 2.61. The van der Waals surface area contributed by atoms with Crippen molar-refractivity contribution in [1.82, 2.24) is 9.97 Å². The average molecular weight is 272 g/mol. The number of hydrogen-bond donors (Lipinski definition) is 2. The van der Waals surface area contributed by atoms with Gasteiger partial charge in [0.2, 0.25) is 0 Å². The van der Waals surface area contributed by atoms with Crippen LogP contribution in [0.25, 0.3) is 11.4 Å². The normalized spacial score (nSPS) is 11.4. The zero-order chi connectivity index (χ0) is 14.0. The van der Waals surface area contributed by atoms with Gasteiger partial charge in [0.15, 0.2) is 5.82 Å². The third-order valence-corrected chi connectivity index (χ3v) is 2.33. The molecule has 2 aromatic rings. The van der Waals surface area contributed by atoms with Crippen LogP contribution in [0, 0.1) is 5.82 Å². The average Bonchev–Trinajstić information content (AvgIpc) is 2.37. The highest BCUT2D eigenvalue weighted by Gasteiger charge is 2.34. The van der Waals surface area contributed by atoms with Gasteiger partial charge < -0.3 is 5.43 Å². The molecule has 0 saturated carbocycles. The molecule has 1 heterocycles. The van der Waals surface area contributed by atoms with Crippen LogP contribution in [-0.4, -0.2) is 9.97 Å². The number of hydrogen-bond acceptors (Lipinski definition) is 4. The Morgan fingerprint density at radius 3 is 2.53 bits per heavy atom. The smallest absolute Gasteiger partial charge is 0.308 e. The van der Waals surface area contributed by atoms with Crippen LogP contribution in [0.1, 0.15) is 5.56 Å². The van der Waals surface area contributed by atoms with Gasteiger partial charge in [-0.3, -0.25) is 0 Å². The highest BCUT2D eigenvalue weighted by molar-refractivity contribution is 5.62. The van der Waals surface area contributed by atoms with Gasteiger partial charge in [-0.15, -0.1) is 0 Å². The quantitative estimate of drug-likeness (QED) is 0.501. The summed E-state index contributed by atoms with van der Waals surface area (Å²) in [7, 11) is 0. The minimum absolute atomic E-state index is 0.155. The molecule has 8 heteroatoms. The lowest BCUT2D eigenvalue weighted by Gasteiger charge is -2.12. The molecule has 4 nitrogen and oxygen atoms in total. The number of nitrogens with one attached hydrogen (secondary N) is 1. The molecule has 0 aliphatic rings. The van der Waals surface area contributed by atoms with Crippen molar-refractivity contribution >= 4 is 5.82 Å². The van der Waals surface area contributed by atoms with Crippen LogP contribution in [0.3, 0.4) is 0 Å². The van der Waals surface area contributed by atoms with Gasteiger partial charge in [0.05, 0.1) is 5.56 Å². The highest BCUT2D eigenvalue weighted by atomic mass is 19.4. The summed E-state index contributed by atoms with van der Waals surface area (Å²) in [6, 6.07) is 3.69. The predicted octanol–water partition coefficient (Wildman–Crippen LogP) is 2.59. The third-order valence-electron chi connectivity index (χ3n) is 2.33. The van der Waals surface area contributed by atoms with Crippen molar-refractivity contribution in [3.63, 3.8) is 0 Å². The van der Waals surface area contributed by atoms with Crippen molar-refractivity contribution in [1.29, 1.82) is 0 Å². The summed E-state index contributed by atoms with van der Waals surface area (Å²) in [5.74, 6) is 4.10. The van der Waals surface area contributed by atoms with Crippen molar-refractivity contribution < 1.29 is 17.6 Å². The molecule has 0 aliphatic heterocycles. The minimum atomic E-state index is -4.70. The number of anilines is 1. The van der Waals surface area contributed by atoms with Crippen molar-refractivity contribution in [2.24, 2.45) is 5.84 Å². The van der Waals surface area contributed by atoms with E-state index in [1.54, 1.807) is 0 Å². The van der Waals surface area contributed by atoms with Crippen molar-refractivity contribution in [3.05, 3.63) is 41.8 Å². The van der Waals surface area contributed by atoms with Crippen LogP contribution in [0.4, 0.5) is 23.4 Å². The van der Waals surface area contributed by atoms with E-state index < -0.39 is 17.6 Å². The molecule has 100 valence electrons. The SMILES string of the molecule is NNc1ccnc(-c2ccc(F)cc2C(F)(F)F)n1. The molecular formula is C11H8F4N4. The Kier molecular flexibility index (Phi) is 3.34. The summed E-state index contributed by atoms with van der Waals surface area (Å²) in [6.07, 6.45) is -3.45. The second-order valence-electron chi connectivity index (χ2n) is 3.60. The van der Waals surface area contributed by atoms with Crippen LogP contribution in [0.2, 0.25) is 0 Å². The molecule has 3 N–H and O–H groups in total. The fourth-order valence-electron chi connectivity index (χ4n) is 1.51. The third kappa shape index (κ3) is 2.79. The molecule has 0 spiro atoms. The number of benzene rings is 1. The number of alkyl halides is 3. The van der Waals surface area contributed by atoms with E-state index >= 15 is 0 Å². The van der Waals surface area contributed by atoms with Gasteiger partial charge in [0.1, 0.15) is 11.6 Å². The minimum Gasteiger partial charge on any atom is -0.308 e. The fraction of sp³-hybridized carbons (Fsp3) is 0.0909. The number of nitrogens with two attached hydrogens (primary N) is 1. The van der Waals surface area contributed by atoms with Crippen molar-refractivity contribution in [2.75, 3.05) is 5.43 Å². The fourth-order valence-corrected chi connectivity index (χ4v) is 1.51. The molecule has 0 saturated heterocycles. The Bertz CT molecular complexity index is 597. The molecule has 19 heavy (non-hydrogen) atoms. The summed E-state index contributed by atoms with van der Waals surface area (Å²) >= 11 is 0. The number of halogens is 4. The molecule has 0 unspecified atom stereocenters. The van der Waals surface area contributed by atoms with Gasteiger partial charge >= 0.3 is 6.18 Å². The molecule has 1 aromatic heterocycles. The van der Waals surface area contributed by atoms with Gasteiger partial charge in [0, 0.05) is 17.8 Å². The van der Waals surface area contributed by atoms with Crippen LogP contribution in [0.15, 0.2) is 30.5 Å². The number of rotatable bonds is 2. The summed E-state index contributed by atoms with van der Waals surface area (Å²) in [6.45, 7) is 0. The molecule has 0 aliphatic carbocycles. The Labute approximate surface area is 105 Å². The monoisotopic (exact) mass is 272 g/mol. The summed E-state index contributed by atoms with van der Waals surface area (Å²) in [4.78, 5) is 7.53. The number of nitrogen functional groups attached to an aromatic ring is 1. The van der Waals surface area contributed by atoms with E-state index in [9.17, 15) is 17.6 Å². The van der Waals surface area contributed by atoms with Gasteiger partial charge in [-0.2, -0.15) is 13.2 Å². The summed E-state index contributed by atoms with van der Waals surface area (Å²) < 4.78 is 51.5. The van der Waals surface area contributed by atoms with Crippen LogP contribution < -0.4 is 11.3 Å². The van der Waals surface area contributed by atoms with Crippen molar-refractivity contribution in [3.8, 4) is 11.4 Å². The van der Waals surface area contributed by atoms with Crippen LogP contribution in [0.5, 0.6) is 0 Å². The molecule has 0 radical (unpaired) electrons. The molecule has 2 rings (SSSR count). The Hall–Kier alpha value is -2.22. The first kappa shape index (κ1) is 13.2. The lowest BCUT2D eigenvalue weighted by atomic mass is 10.1. The van der Waals surface area contributed by atoms with E-state index in [0.29, 0.717) is 6.07 Å². The maximum atomic E-state index is 13.0. The first-order chi connectivity index (χ1) is 8.91. The van der Waals surface area contributed by atoms with Crippen LogP contribution >= 0.6 is 0 Å². The first-order valence-corrected chi connectivity index (χ1v) is 5.08. The van der Waals surface area contributed by atoms with Crippen molar-refractivity contribution in [2.45, 2.75) is 6.18 Å². The van der Waals surface area contributed by atoms with E-state index in [2.05, 4.69) is 15.4 Å². The Morgan fingerprint density at radius 2 is 1.89 bits per heavy atom. The lowest BCUT2D eigenvalue weighted by molar-refractivity contribution is -0.137. The van der Waals surface area contributed by atoms with Gasteiger partial charge in [0.25, 0.3) is 0 Å². The zero-order valence-corrected chi connectivity index (χ0v) is 9.37. The molecule has 0 fully saturated rings. The topological polar surface area (TPSA) is 63.8 Å². The standard InChI is InChI=1S/C11H8F4N4/c12-6-1-2-7(8(5-6)11(13,14)15)10-17-4-3-9(18-10)19-16/h1-5H,16H2,(H,17,18,19). The summed E-state index contributed by atoms with van der Waals surface area (Å²) in [5.41, 5.74) is 0.749. The maximum Gasteiger partial charge on any atom is 0.417 e. The molecule has 0 atom stereocenters. The molecule has 1 aromatic carbocycles. The predicted molar refractivity (Wildman–Crippen MR) is 60.2 cm³/mol. The highest BCUT2D eigenvalue weighted by Crippen LogP contribution is 2.36. The van der Waals surface area contributed by atoms with E-state index in [-0.39, 0.29) is 17.2 Å². The van der Waals surface area contributed by atoms with E-state index in [0.717, 1.165) is 12.1 Å². The van der Waals surface area contributed by atoms with Crippen LogP contribution in [-0.2, 0) is 6.18 Å². The lowest BCUT2D eigenvalue weighted by Crippen LogP contribution is -2.11.